The normalized spacial score (nSPS) is 15.2. The first-order valence-corrected chi connectivity index (χ1v) is 17.4. The first kappa shape index (κ1) is 38.0. The molecule has 276 valence electrons. The van der Waals surface area contributed by atoms with E-state index >= 15 is 0 Å². The molecule has 12 heteroatoms. The molecule has 52 heavy (non-hydrogen) atoms. The molecule has 12 nitrogen and oxygen atoms in total. The van der Waals surface area contributed by atoms with Crippen LogP contribution in [0.1, 0.15) is 112 Å². The average molecular weight is 715 g/mol. The Labute approximate surface area is 303 Å². The van der Waals surface area contributed by atoms with Gasteiger partial charge >= 0.3 is 17.9 Å². The van der Waals surface area contributed by atoms with E-state index in [2.05, 4.69) is 10.6 Å². The lowest BCUT2D eigenvalue weighted by atomic mass is 9.77. The molecule has 5 rings (SSSR count). The highest BCUT2D eigenvalue weighted by molar-refractivity contribution is 6.01. The van der Waals surface area contributed by atoms with E-state index in [1.54, 1.807) is 84.9 Å². The Balaban J connectivity index is 1.46. The van der Waals surface area contributed by atoms with Gasteiger partial charge in [-0.25, -0.2) is 4.79 Å². The molecule has 3 N–H and O–H groups in total. The zero-order valence-corrected chi connectivity index (χ0v) is 30.8. The number of rotatable bonds is 10. The summed E-state index contributed by atoms with van der Waals surface area (Å²) in [4.78, 5) is 64.6. The molecule has 0 bridgehead atoms. The van der Waals surface area contributed by atoms with Crippen LogP contribution in [0.3, 0.4) is 0 Å². The molecule has 0 radical (unpaired) electrons. The third-order valence-corrected chi connectivity index (χ3v) is 8.89. The van der Waals surface area contributed by atoms with Crippen LogP contribution in [-0.2, 0) is 24.7 Å². The van der Waals surface area contributed by atoms with Gasteiger partial charge in [0.1, 0.15) is 23.0 Å². The van der Waals surface area contributed by atoms with Gasteiger partial charge in [-0.15, -0.1) is 0 Å². The lowest BCUT2D eigenvalue weighted by molar-refractivity contribution is -0.143. The average Bonchev–Trinajstić information content (AvgIpc) is 3.35. The topological polar surface area (TPSA) is 167 Å². The number of ether oxygens (including phenoxy) is 4. The van der Waals surface area contributed by atoms with Crippen LogP contribution in [0.4, 0.5) is 0 Å². The number of carbonyl (C=O) groups is 5. The van der Waals surface area contributed by atoms with E-state index < -0.39 is 46.4 Å². The van der Waals surface area contributed by atoms with Crippen LogP contribution in [0.25, 0.3) is 0 Å². The summed E-state index contributed by atoms with van der Waals surface area (Å²) < 4.78 is 23.9. The largest absolute Gasteiger partial charge is 0.456 e. The van der Waals surface area contributed by atoms with Crippen LogP contribution in [0.2, 0.25) is 0 Å². The molecule has 3 aromatic rings. The van der Waals surface area contributed by atoms with E-state index in [-0.39, 0.29) is 59.0 Å². The number of fused-ring (bicyclic) bond motifs is 6. The van der Waals surface area contributed by atoms with Crippen LogP contribution >= 0.6 is 0 Å². The number of aliphatic hydroxyl groups excluding tert-OH is 1. The Morgan fingerprint density at radius 3 is 1.87 bits per heavy atom. The second kappa shape index (κ2) is 14.4. The van der Waals surface area contributed by atoms with E-state index in [9.17, 15) is 29.1 Å². The summed E-state index contributed by atoms with van der Waals surface area (Å²) in [5.74, 6) is -1.31. The fourth-order valence-electron chi connectivity index (χ4n) is 5.87. The number of hydrogen-bond donors (Lipinski definition) is 3. The van der Waals surface area contributed by atoms with Gasteiger partial charge in [0.05, 0.1) is 28.5 Å². The van der Waals surface area contributed by atoms with Crippen LogP contribution in [0.5, 0.6) is 23.0 Å². The molecule has 0 aromatic heterocycles. The summed E-state index contributed by atoms with van der Waals surface area (Å²) >= 11 is 0. The number of carbonyl (C=O) groups excluding carboxylic acids is 5. The minimum atomic E-state index is -1.51. The van der Waals surface area contributed by atoms with Crippen molar-refractivity contribution in [3.8, 4) is 23.0 Å². The summed E-state index contributed by atoms with van der Waals surface area (Å²) in [6, 6.07) is 14.0. The van der Waals surface area contributed by atoms with Gasteiger partial charge in [-0.1, -0.05) is 13.0 Å². The summed E-state index contributed by atoms with van der Waals surface area (Å²) in [6.07, 6.45) is 0.456. The van der Waals surface area contributed by atoms with E-state index in [0.717, 1.165) is 0 Å². The number of aliphatic hydroxyl groups is 1. The van der Waals surface area contributed by atoms with Crippen LogP contribution in [0, 0.1) is 10.8 Å². The maximum Gasteiger partial charge on any atom is 0.340 e. The van der Waals surface area contributed by atoms with E-state index in [4.69, 9.17) is 18.9 Å². The molecule has 2 heterocycles. The number of hydrogen-bond acceptors (Lipinski definition) is 10. The predicted octanol–water partition coefficient (Wildman–Crippen LogP) is 5.94. The fraction of sp³-hybridized carbons (Fsp3) is 0.425. The van der Waals surface area contributed by atoms with Gasteiger partial charge in [-0.2, -0.15) is 0 Å². The van der Waals surface area contributed by atoms with Crippen molar-refractivity contribution in [3.05, 3.63) is 82.4 Å². The Hall–Kier alpha value is -5.23. The molecule has 3 aromatic carbocycles. The van der Waals surface area contributed by atoms with Gasteiger partial charge < -0.3 is 34.7 Å². The van der Waals surface area contributed by atoms with Gasteiger partial charge in [0.25, 0.3) is 5.91 Å². The lowest BCUT2D eigenvalue weighted by Crippen LogP contribution is -2.41. The zero-order chi connectivity index (χ0) is 38.2. The molecular formula is C40H46N2O10. The molecule has 0 saturated heterocycles. The minimum Gasteiger partial charge on any atom is -0.456 e. The monoisotopic (exact) mass is 714 g/mol. The molecule has 2 atom stereocenters. The Bertz CT molecular complexity index is 1840. The van der Waals surface area contributed by atoms with Crippen LogP contribution in [-0.4, -0.2) is 53.5 Å². The maximum atomic E-state index is 13.7. The number of benzene rings is 3. The molecule has 0 fully saturated rings. The van der Waals surface area contributed by atoms with Crippen LogP contribution < -0.4 is 24.8 Å². The smallest absolute Gasteiger partial charge is 0.340 e. The molecule has 2 unspecified atom stereocenters. The van der Waals surface area contributed by atoms with Crippen molar-refractivity contribution in [2.75, 3.05) is 6.54 Å². The maximum absolute atomic E-state index is 13.7. The molecule has 1 spiro atoms. The fourth-order valence-corrected chi connectivity index (χ4v) is 5.87. The molecule has 2 aliphatic heterocycles. The molecule has 0 saturated carbocycles. The highest BCUT2D eigenvalue weighted by Crippen LogP contribution is 2.57. The highest BCUT2D eigenvalue weighted by Gasteiger charge is 2.54. The number of nitrogens with one attached hydrogen (secondary N) is 2. The zero-order valence-electron chi connectivity index (χ0n) is 30.8. The SMILES string of the molecule is CCC(NC(=O)CCCNC(=O)c1ccc2c(c1)C(=O)OC21c2ccc(OC(=O)C(C)(C)C)cc2Oc2cc(OC(=O)C(C)(C)C)ccc21)C(C)O. The van der Waals surface area contributed by atoms with Crippen molar-refractivity contribution in [2.45, 2.75) is 92.4 Å². The second-order valence-corrected chi connectivity index (χ2v) is 15.2. The molecular weight excluding hydrogens is 668 g/mol. The van der Waals surface area contributed by atoms with Gasteiger partial charge in [-0.05, 0) is 97.7 Å². The lowest BCUT2D eigenvalue weighted by Gasteiger charge is -2.36. The summed E-state index contributed by atoms with van der Waals surface area (Å²) in [6.45, 7) is 14.1. The van der Waals surface area contributed by atoms with Gasteiger partial charge in [-0.3, -0.25) is 19.2 Å². The first-order chi connectivity index (χ1) is 24.3. The van der Waals surface area contributed by atoms with E-state index in [0.29, 0.717) is 29.5 Å². The van der Waals surface area contributed by atoms with Gasteiger partial charge in [0.15, 0.2) is 5.60 Å². The van der Waals surface area contributed by atoms with Gasteiger partial charge in [0.2, 0.25) is 5.91 Å². The van der Waals surface area contributed by atoms with Crippen molar-refractivity contribution in [3.63, 3.8) is 0 Å². The van der Waals surface area contributed by atoms with Crippen molar-refractivity contribution >= 4 is 29.7 Å². The summed E-state index contributed by atoms with van der Waals surface area (Å²) in [5, 5.41) is 15.4. The van der Waals surface area contributed by atoms with Crippen molar-refractivity contribution < 1.29 is 48.0 Å². The van der Waals surface area contributed by atoms with Crippen molar-refractivity contribution in [2.24, 2.45) is 10.8 Å². The Kier molecular flexibility index (Phi) is 10.5. The van der Waals surface area contributed by atoms with Crippen LogP contribution in [0.15, 0.2) is 54.6 Å². The first-order valence-electron chi connectivity index (χ1n) is 17.4. The van der Waals surface area contributed by atoms with E-state index in [1.165, 1.54) is 18.2 Å². The van der Waals surface area contributed by atoms with Crippen molar-refractivity contribution in [1.82, 2.24) is 10.6 Å². The highest BCUT2D eigenvalue weighted by atomic mass is 16.6. The summed E-state index contributed by atoms with van der Waals surface area (Å²) in [7, 11) is 0. The Morgan fingerprint density at radius 2 is 1.37 bits per heavy atom. The summed E-state index contributed by atoms with van der Waals surface area (Å²) in [5.41, 5.74) is -1.30. The van der Waals surface area contributed by atoms with Crippen molar-refractivity contribution in [1.29, 1.82) is 0 Å². The standard InChI is InChI=1S/C40H46N2O10/c1-9-30(22(2)43)42-33(44)11-10-18-41-34(45)23-12-15-27-26(19-23)35(46)52-40(27)28-16-13-24(49-36(47)38(3,4)5)20-31(28)51-32-21-25(14-17-29(32)40)50-37(48)39(6,7)8/h12-17,19-22,30,43H,9-11,18H2,1-8H3,(H,41,45)(H,42,44). The molecule has 2 aliphatic rings. The number of esters is 3. The second-order valence-electron chi connectivity index (χ2n) is 15.2. The molecule has 2 amide bonds. The van der Waals surface area contributed by atoms with Gasteiger partial charge in [0, 0.05) is 47.4 Å². The van der Waals surface area contributed by atoms with E-state index in [1.807, 2.05) is 6.92 Å². The predicted molar refractivity (Wildman–Crippen MR) is 190 cm³/mol. The number of amides is 2. The minimum absolute atomic E-state index is 0.164. The third-order valence-electron chi connectivity index (χ3n) is 8.89. The quantitative estimate of drug-likeness (QED) is 0.130. The third kappa shape index (κ3) is 7.67. The molecule has 0 aliphatic carbocycles. The Morgan fingerprint density at radius 1 is 0.827 bits per heavy atom.